The number of nitrogens with one attached hydrogen (secondary N) is 2. The normalized spacial score (nSPS) is 11.4. The van der Waals surface area contributed by atoms with Crippen molar-refractivity contribution in [1.29, 1.82) is 0 Å². The van der Waals surface area contributed by atoms with E-state index in [-0.39, 0.29) is 24.6 Å². The van der Waals surface area contributed by atoms with Crippen LogP contribution in [0.4, 0.5) is 13.2 Å². The Kier molecular flexibility index (Phi) is 8.45. The number of halogens is 3. The average Bonchev–Trinajstić information content (AvgIpc) is 2.68. The summed E-state index contributed by atoms with van der Waals surface area (Å²) in [6, 6.07) is 8.90. The second kappa shape index (κ2) is 11.0. The molecule has 158 valence electrons. The van der Waals surface area contributed by atoms with E-state index in [4.69, 9.17) is 4.74 Å². The molecule has 3 N–H and O–H groups in total. The quantitative estimate of drug-likeness (QED) is 0.433. The van der Waals surface area contributed by atoms with E-state index < -0.39 is 18.2 Å². The summed E-state index contributed by atoms with van der Waals surface area (Å²) in [5.41, 5.74) is 1.04. The molecule has 0 fully saturated rings. The number of phenolic OH excluding ortho intramolecular Hbond substituents is 1. The first-order chi connectivity index (χ1) is 13.9. The van der Waals surface area contributed by atoms with Gasteiger partial charge in [-0.15, -0.1) is 0 Å². The zero-order chi connectivity index (χ0) is 21.2. The fourth-order valence-corrected chi connectivity index (χ4v) is 2.53. The van der Waals surface area contributed by atoms with Crippen LogP contribution in [-0.4, -0.2) is 30.8 Å². The number of para-hydroxylation sites is 1. The summed E-state index contributed by atoms with van der Waals surface area (Å²) in [7, 11) is 0. The van der Waals surface area contributed by atoms with Crippen LogP contribution in [0.5, 0.6) is 17.2 Å². The van der Waals surface area contributed by atoms with Crippen LogP contribution in [0.1, 0.15) is 25.0 Å². The first-order valence-corrected chi connectivity index (χ1v) is 9.13. The lowest BCUT2D eigenvalue weighted by molar-refractivity contribution is -0.0520. The molecule has 2 aromatic rings. The average molecular weight is 411 g/mol. The molecule has 0 aliphatic rings. The maximum atomic E-state index is 13.5. The summed E-state index contributed by atoms with van der Waals surface area (Å²) in [5.74, 6) is -0.548. The number of alkyl halides is 2. The lowest BCUT2D eigenvalue weighted by Crippen LogP contribution is -2.36. The fourth-order valence-electron chi connectivity index (χ4n) is 2.53. The molecular weight excluding hydrogens is 387 g/mol. The van der Waals surface area contributed by atoms with Gasteiger partial charge in [0.15, 0.2) is 29.0 Å². The molecule has 29 heavy (non-hydrogen) atoms. The van der Waals surface area contributed by atoms with E-state index in [2.05, 4.69) is 20.4 Å². The largest absolute Gasteiger partial charge is 0.505 e. The van der Waals surface area contributed by atoms with Gasteiger partial charge in [-0.25, -0.2) is 9.38 Å². The van der Waals surface area contributed by atoms with Crippen molar-refractivity contribution in [3.8, 4) is 17.2 Å². The second-order valence-electron chi connectivity index (χ2n) is 5.89. The van der Waals surface area contributed by atoms with Crippen molar-refractivity contribution in [1.82, 2.24) is 10.6 Å². The first kappa shape index (κ1) is 22.2. The molecule has 0 radical (unpaired) electrons. The number of phenols is 1. The zero-order valence-electron chi connectivity index (χ0n) is 16.2. The number of rotatable bonds is 9. The van der Waals surface area contributed by atoms with Gasteiger partial charge in [-0.2, -0.15) is 8.78 Å². The molecule has 0 spiro atoms. The lowest BCUT2D eigenvalue weighted by Gasteiger charge is -2.17. The highest BCUT2D eigenvalue weighted by molar-refractivity contribution is 5.79. The highest BCUT2D eigenvalue weighted by Crippen LogP contribution is 2.32. The van der Waals surface area contributed by atoms with Crippen molar-refractivity contribution in [3.63, 3.8) is 0 Å². The summed E-state index contributed by atoms with van der Waals surface area (Å²) >= 11 is 0. The number of aromatic hydroxyl groups is 1. The number of aliphatic imine (C=N–C) groups is 1. The molecule has 0 aliphatic heterocycles. The van der Waals surface area contributed by atoms with Crippen LogP contribution < -0.4 is 20.1 Å². The van der Waals surface area contributed by atoms with Crippen molar-refractivity contribution < 1.29 is 27.8 Å². The lowest BCUT2D eigenvalue weighted by atomic mass is 10.2. The molecule has 0 saturated carbocycles. The summed E-state index contributed by atoms with van der Waals surface area (Å²) in [6.45, 7) is 1.82. The molecule has 2 aromatic carbocycles. The third-order valence-electron chi connectivity index (χ3n) is 3.79. The van der Waals surface area contributed by atoms with Crippen LogP contribution in [0.25, 0.3) is 0 Å². The zero-order valence-corrected chi connectivity index (χ0v) is 16.2. The molecule has 0 heterocycles. The van der Waals surface area contributed by atoms with E-state index in [0.29, 0.717) is 30.2 Å². The summed E-state index contributed by atoms with van der Waals surface area (Å²) in [5, 5.41) is 15.3. The number of hydrogen-bond donors (Lipinski definition) is 3. The van der Waals surface area contributed by atoms with Crippen molar-refractivity contribution in [2.75, 3.05) is 13.2 Å². The Hall–Kier alpha value is -3.10. The predicted octanol–water partition coefficient (Wildman–Crippen LogP) is 3.79. The van der Waals surface area contributed by atoms with E-state index in [1.54, 1.807) is 31.2 Å². The Morgan fingerprint density at radius 3 is 2.62 bits per heavy atom. The minimum atomic E-state index is -2.98. The SMILES string of the molecule is CCNC(=NCc1ccc(O)c(F)c1)NCc1cccc(OCC)c1OC(F)F. The number of nitrogens with zero attached hydrogens (tertiary/aromatic N) is 1. The first-order valence-electron chi connectivity index (χ1n) is 9.13. The topological polar surface area (TPSA) is 75.1 Å². The van der Waals surface area contributed by atoms with Crippen molar-refractivity contribution >= 4 is 5.96 Å². The van der Waals surface area contributed by atoms with Crippen LogP contribution in [0, 0.1) is 5.82 Å². The van der Waals surface area contributed by atoms with Crippen LogP contribution in [0.2, 0.25) is 0 Å². The molecular formula is C20H24F3N3O3. The van der Waals surface area contributed by atoms with E-state index in [1.807, 2.05) is 6.92 Å². The van der Waals surface area contributed by atoms with E-state index in [0.717, 1.165) is 0 Å². The van der Waals surface area contributed by atoms with Gasteiger partial charge in [0.05, 0.1) is 13.2 Å². The molecule has 0 amide bonds. The minimum absolute atomic E-state index is 0.0340. The van der Waals surface area contributed by atoms with Crippen LogP contribution in [0.15, 0.2) is 41.4 Å². The third kappa shape index (κ3) is 6.78. The number of ether oxygens (including phenoxy) is 2. The summed E-state index contributed by atoms with van der Waals surface area (Å²) < 4.78 is 49.1. The number of hydrogen-bond acceptors (Lipinski definition) is 4. The van der Waals surface area contributed by atoms with E-state index in [1.165, 1.54) is 12.1 Å². The molecule has 0 unspecified atom stereocenters. The van der Waals surface area contributed by atoms with Crippen LogP contribution in [0.3, 0.4) is 0 Å². The van der Waals surface area contributed by atoms with Gasteiger partial charge >= 0.3 is 6.61 Å². The second-order valence-corrected chi connectivity index (χ2v) is 5.89. The number of benzene rings is 2. The van der Waals surface area contributed by atoms with Gasteiger partial charge in [0.1, 0.15) is 0 Å². The smallest absolute Gasteiger partial charge is 0.387 e. The molecule has 2 rings (SSSR count). The van der Waals surface area contributed by atoms with Gasteiger partial charge < -0.3 is 25.2 Å². The Balaban J connectivity index is 2.14. The van der Waals surface area contributed by atoms with Crippen molar-refractivity contribution in [2.24, 2.45) is 4.99 Å². The maximum Gasteiger partial charge on any atom is 0.387 e. The molecule has 0 saturated heterocycles. The molecule has 0 aromatic heterocycles. The highest BCUT2D eigenvalue weighted by Gasteiger charge is 2.16. The molecule has 0 bridgehead atoms. The molecule has 0 aliphatic carbocycles. The maximum absolute atomic E-state index is 13.5. The van der Waals surface area contributed by atoms with Gasteiger partial charge in [-0.05, 0) is 37.6 Å². The Labute approximate surface area is 167 Å². The standard InChI is InChI=1S/C20H24F3N3O3/c1-3-24-20(25-11-13-8-9-16(27)15(21)10-13)26-12-14-6-5-7-17(28-4-2)18(14)29-19(22)23/h5-10,19,27H,3-4,11-12H2,1-2H3,(H2,24,25,26). The van der Waals surface area contributed by atoms with Gasteiger partial charge in [-0.3, -0.25) is 0 Å². The van der Waals surface area contributed by atoms with Crippen molar-refractivity contribution in [2.45, 2.75) is 33.5 Å². The molecule has 0 atom stereocenters. The number of guanidine groups is 1. The van der Waals surface area contributed by atoms with E-state index in [9.17, 15) is 18.3 Å². The minimum Gasteiger partial charge on any atom is -0.505 e. The summed E-state index contributed by atoms with van der Waals surface area (Å²) in [6.07, 6.45) is 0. The fraction of sp³-hybridized carbons (Fsp3) is 0.350. The molecule has 6 nitrogen and oxygen atoms in total. The third-order valence-corrected chi connectivity index (χ3v) is 3.79. The highest BCUT2D eigenvalue weighted by atomic mass is 19.3. The van der Waals surface area contributed by atoms with Gasteiger partial charge in [-0.1, -0.05) is 18.2 Å². The monoisotopic (exact) mass is 411 g/mol. The van der Waals surface area contributed by atoms with Gasteiger partial charge in [0.2, 0.25) is 0 Å². The van der Waals surface area contributed by atoms with Crippen LogP contribution in [-0.2, 0) is 13.1 Å². The predicted molar refractivity (Wildman–Crippen MR) is 104 cm³/mol. The van der Waals surface area contributed by atoms with Gasteiger partial charge in [0.25, 0.3) is 0 Å². The Bertz CT molecular complexity index is 832. The Morgan fingerprint density at radius 1 is 1.17 bits per heavy atom. The summed E-state index contributed by atoms with van der Waals surface area (Å²) in [4.78, 5) is 4.34. The Morgan fingerprint density at radius 2 is 1.97 bits per heavy atom. The van der Waals surface area contributed by atoms with Gasteiger partial charge in [0, 0.05) is 18.7 Å². The van der Waals surface area contributed by atoms with E-state index >= 15 is 0 Å². The van der Waals surface area contributed by atoms with Crippen LogP contribution >= 0.6 is 0 Å². The molecule has 9 heteroatoms. The van der Waals surface area contributed by atoms with Crippen molar-refractivity contribution in [3.05, 3.63) is 53.3 Å².